The molecule has 2 aromatic rings. The van der Waals surface area contributed by atoms with Crippen LogP contribution in [0.4, 0.5) is 0 Å². The van der Waals surface area contributed by atoms with Crippen LogP contribution in [0, 0.1) is 0 Å². The number of rotatable bonds is 1. The van der Waals surface area contributed by atoms with Gasteiger partial charge in [0, 0.05) is 5.56 Å². The Bertz CT molecular complexity index is 435. The standard InChI is InChI=1S/C8H5ClN2O/c9-8(12)5-1-2-6-7(3-5)11-4-10-6/h1-4H,(H,10,11). The predicted molar refractivity (Wildman–Crippen MR) is 46.3 cm³/mol. The van der Waals surface area contributed by atoms with Crippen molar-refractivity contribution >= 4 is 27.9 Å². The fourth-order valence-electron chi connectivity index (χ4n) is 1.05. The van der Waals surface area contributed by atoms with Crippen molar-refractivity contribution in [3.05, 3.63) is 30.1 Å². The zero-order valence-electron chi connectivity index (χ0n) is 6.04. The van der Waals surface area contributed by atoms with E-state index < -0.39 is 5.24 Å². The highest BCUT2D eigenvalue weighted by molar-refractivity contribution is 6.67. The number of aromatic amines is 1. The van der Waals surface area contributed by atoms with Gasteiger partial charge in [0.05, 0.1) is 17.4 Å². The molecule has 0 aliphatic heterocycles. The predicted octanol–water partition coefficient (Wildman–Crippen LogP) is 1.94. The third kappa shape index (κ3) is 1.08. The highest BCUT2D eigenvalue weighted by Gasteiger charge is 2.02. The summed E-state index contributed by atoms with van der Waals surface area (Å²) >= 11 is 5.29. The molecule has 4 heteroatoms. The molecule has 0 atom stereocenters. The molecule has 60 valence electrons. The van der Waals surface area contributed by atoms with Crippen LogP contribution in [-0.4, -0.2) is 15.2 Å². The van der Waals surface area contributed by atoms with Crippen molar-refractivity contribution in [1.29, 1.82) is 0 Å². The summed E-state index contributed by atoms with van der Waals surface area (Å²) in [5.41, 5.74) is 2.12. The molecule has 1 aromatic heterocycles. The van der Waals surface area contributed by atoms with Crippen molar-refractivity contribution in [2.75, 3.05) is 0 Å². The lowest BCUT2D eigenvalue weighted by Gasteiger charge is -1.91. The smallest absolute Gasteiger partial charge is 0.252 e. The Hall–Kier alpha value is -1.35. The lowest BCUT2D eigenvalue weighted by Crippen LogP contribution is -1.87. The molecular weight excluding hydrogens is 176 g/mol. The Morgan fingerprint density at radius 1 is 1.50 bits per heavy atom. The second-order valence-corrected chi connectivity index (χ2v) is 2.75. The summed E-state index contributed by atoms with van der Waals surface area (Å²) in [5, 5.41) is -0.458. The molecule has 12 heavy (non-hydrogen) atoms. The van der Waals surface area contributed by atoms with E-state index >= 15 is 0 Å². The molecule has 0 aliphatic rings. The maximum Gasteiger partial charge on any atom is 0.252 e. The maximum absolute atomic E-state index is 10.7. The summed E-state index contributed by atoms with van der Waals surface area (Å²) in [6.07, 6.45) is 1.58. The molecule has 0 amide bonds. The van der Waals surface area contributed by atoms with Gasteiger partial charge in [-0.05, 0) is 29.8 Å². The number of hydrogen-bond donors (Lipinski definition) is 1. The number of fused-ring (bicyclic) bond motifs is 1. The van der Waals surface area contributed by atoms with E-state index in [9.17, 15) is 4.79 Å². The summed E-state index contributed by atoms with van der Waals surface area (Å²) in [4.78, 5) is 17.7. The summed E-state index contributed by atoms with van der Waals surface area (Å²) in [5.74, 6) is 0. The van der Waals surface area contributed by atoms with Crippen molar-refractivity contribution in [3.8, 4) is 0 Å². The van der Waals surface area contributed by atoms with E-state index in [-0.39, 0.29) is 0 Å². The first-order chi connectivity index (χ1) is 5.77. The van der Waals surface area contributed by atoms with Gasteiger partial charge in [0.1, 0.15) is 0 Å². The Morgan fingerprint density at radius 2 is 2.33 bits per heavy atom. The van der Waals surface area contributed by atoms with E-state index in [2.05, 4.69) is 9.97 Å². The van der Waals surface area contributed by atoms with Crippen LogP contribution < -0.4 is 0 Å². The molecule has 0 radical (unpaired) electrons. The van der Waals surface area contributed by atoms with Crippen LogP contribution in [0.1, 0.15) is 10.4 Å². The third-order valence-electron chi connectivity index (χ3n) is 1.65. The van der Waals surface area contributed by atoms with Crippen LogP contribution in [0.2, 0.25) is 0 Å². The third-order valence-corrected chi connectivity index (χ3v) is 1.87. The van der Waals surface area contributed by atoms with E-state index in [4.69, 9.17) is 11.6 Å². The number of nitrogens with one attached hydrogen (secondary N) is 1. The quantitative estimate of drug-likeness (QED) is 0.682. The Labute approximate surface area is 73.4 Å². The minimum Gasteiger partial charge on any atom is -0.345 e. The SMILES string of the molecule is O=C(Cl)c1ccc2[nH]cnc2c1. The number of carbonyl (C=O) groups excluding carboxylic acids is 1. The van der Waals surface area contributed by atoms with E-state index in [1.807, 2.05) is 0 Å². The molecule has 0 fully saturated rings. The van der Waals surface area contributed by atoms with E-state index in [1.165, 1.54) is 0 Å². The lowest BCUT2D eigenvalue weighted by molar-refractivity contribution is 0.108. The van der Waals surface area contributed by atoms with Crippen LogP contribution in [0.15, 0.2) is 24.5 Å². The number of hydrogen-bond acceptors (Lipinski definition) is 2. The largest absolute Gasteiger partial charge is 0.345 e. The fourth-order valence-corrected chi connectivity index (χ4v) is 1.17. The number of aromatic nitrogens is 2. The molecular formula is C8H5ClN2O. The Balaban J connectivity index is 2.68. The topological polar surface area (TPSA) is 45.8 Å². The van der Waals surface area contributed by atoms with Crippen LogP contribution in [0.25, 0.3) is 11.0 Å². The molecule has 0 saturated carbocycles. The number of imidazole rings is 1. The monoisotopic (exact) mass is 180 g/mol. The molecule has 1 N–H and O–H groups in total. The number of benzene rings is 1. The van der Waals surface area contributed by atoms with Gasteiger partial charge in [-0.25, -0.2) is 4.98 Å². The average Bonchev–Trinajstić information content (AvgIpc) is 2.49. The average molecular weight is 181 g/mol. The summed E-state index contributed by atoms with van der Waals surface area (Å²) in [6.45, 7) is 0. The Kier molecular flexibility index (Phi) is 1.59. The molecule has 0 saturated heterocycles. The van der Waals surface area contributed by atoms with Crippen LogP contribution in [-0.2, 0) is 0 Å². The van der Waals surface area contributed by atoms with Gasteiger partial charge in [-0.1, -0.05) is 0 Å². The minimum atomic E-state index is -0.458. The molecule has 1 heterocycles. The molecule has 0 aliphatic carbocycles. The summed E-state index contributed by atoms with van der Waals surface area (Å²) in [6, 6.07) is 5.09. The summed E-state index contributed by atoms with van der Waals surface area (Å²) < 4.78 is 0. The van der Waals surface area contributed by atoms with Crippen LogP contribution in [0.5, 0.6) is 0 Å². The first kappa shape index (κ1) is 7.31. The maximum atomic E-state index is 10.7. The van der Waals surface area contributed by atoms with Gasteiger partial charge in [0.25, 0.3) is 5.24 Å². The zero-order chi connectivity index (χ0) is 8.55. The summed E-state index contributed by atoms with van der Waals surface area (Å²) in [7, 11) is 0. The number of nitrogens with zero attached hydrogens (tertiary/aromatic N) is 1. The molecule has 0 bridgehead atoms. The van der Waals surface area contributed by atoms with E-state index in [0.717, 1.165) is 11.0 Å². The minimum absolute atomic E-state index is 0.458. The van der Waals surface area contributed by atoms with Gasteiger partial charge in [0.15, 0.2) is 0 Å². The van der Waals surface area contributed by atoms with Crippen molar-refractivity contribution in [1.82, 2.24) is 9.97 Å². The van der Waals surface area contributed by atoms with Crippen LogP contribution >= 0.6 is 11.6 Å². The first-order valence-corrected chi connectivity index (χ1v) is 3.78. The number of halogens is 1. The second kappa shape index (κ2) is 2.60. The van der Waals surface area contributed by atoms with Gasteiger partial charge in [0.2, 0.25) is 0 Å². The molecule has 2 rings (SSSR count). The number of carbonyl (C=O) groups is 1. The van der Waals surface area contributed by atoms with Crippen molar-refractivity contribution < 1.29 is 4.79 Å². The van der Waals surface area contributed by atoms with Gasteiger partial charge in [-0.3, -0.25) is 4.79 Å². The van der Waals surface area contributed by atoms with Crippen LogP contribution in [0.3, 0.4) is 0 Å². The fraction of sp³-hybridized carbons (Fsp3) is 0. The molecule has 1 aromatic carbocycles. The van der Waals surface area contributed by atoms with E-state index in [1.54, 1.807) is 24.5 Å². The molecule has 3 nitrogen and oxygen atoms in total. The highest BCUT2D eigenvalue weighted by Crippen LogP contribution is 2.12. The van der Waals surface area contributed by atoms with Gasteiger partial charge in [-0.2, -0.15) is 0 Å². The van der Waals surface area contributed by atoms with Gasteiger partial charge < -0.3 is 4.98 Å². The first-order valence-electron chi connectivity index (χ1n) is 3.40. The van der Waals surface area contributed by atoms with E-state index in [0.29, 0.717) is 5.56 Å². The Morgan fingerprint density at radius 3 is 3.08 bits per heavy atom. The van der Waals surface area contributed by atoms with Gasteiger partial charge >= 0.3 is 0 Å². The second-order valence-electron chi connectivity index (χ2n) is 2.41. The zero-order valence-corrected chi connectivity index (χ0v) is 6.80. The van der Waals surface area contributed by atoms with Gasteiger partial charge in [-0.15, -0.1) is 0 Å². The molecule has 0 spiro atoms. The van der Waals surface area contributed by atoms with Crippen molar-refractivity contribution in [2.45, 2.75) is 0 Å². The van der Waals surface area contributed by atoms with Crippen molar-refractivity contribution in [3.63, 3.8) is 0 Å². The number of H-pyrrole nitrogens is 1. The lowest BCUT2D eigenvalue weighted by atomic mass is 10.2. The molecule has 0 unspecified atom stereocenters. The highest BCUT2D eigenvalue weighted by atomic mass is 35.5. The normalized spacial score (nSPS) is 10.4. The van der Waals surface area contributed by atoms with Crippen molar-refractivity contribution in [2.24, 2.45) is 0 Å².